The van der Waals surface area contributed by atoms with Crippen molar-refractivity contribution in [2.24, 2.45) is 7.05 Å². The largest absolute Gasteiger partial charge is 0.321 e. The van der Waals surface area contributed by atoms with E-state index in [1.807, 2.05) is 18.7 Å². The minimum Gasteiger partial charge on any atom is -0.321 e. The zero-order valence-electron chi connectivity index (χ0n) is 10.4. The molecule has 1 aliphatic carbocycles. The fourth-order valence-electron chi connectivity index (χ4n) is 2.37. The highest BCUT2D eigenvalue weighted by molar-refractivity contribution is 7.11. The molecule has 96 valence electrons. The van der Waals surface area contributed by atoms with Crippen molar-refractivity contribution < 1.29 is 0 Å². The van der Waals surface area contributed by atoms with E-state index in [1.165, 1.54) is 23.4 Å². The van der Waals surface area contributed by atoms with Gasteiger partial charge in [-0.1, -0.05) is 11.6 Å². The fraction of sp³-hybridized carbons (Fsp3) is 0.500. The molecule has 0 saturated heterocycles. The smallest absolute Gasteiger partial charge is 0.133 e. The van der Waals surface area contributed by atoms with Gasteiger partial charge in [0, 0.05) is 11.9 Å². The molecule has 0 fully saturated rings. The van der Waals surface area contributed by atoms with Crippen molar-refractivity contribution in [2.75, 3.05) is 7.05 Å². The highest BCUT2D eigenvalue weighted by Gasteiger charge is 2.25. The molecular weight excluding hydrogens is 268 g/mol. The molecule has 1 N–H and O–H groups in total. The van der Waals surface area contributed by atoms with Crippen LogP contribution >= 0.6 is 22.9 Å². The van der Waals surface area contributed by atoms with Gasteiger partial charge in [-0.2, -0.15) is 0 Å². The first kappa shape index (κ1) is 12.1. The van der Waals surface area contributed by atoms with Crippen molar-refractivity contribution in [2.45, 2.75) is 25.3 Å². The van der Waals surface area contributed by atoms with E-state index in [2.05, 4.69) is 10.3 Å². The van der Waals surface area contributed by atoms with Crippen LogP contribution in [0.25, 0.3) is 0 Å². The van der Waals surface area contributed by atoms with Crippen LogP contribution < -0.4 is 5.32 Å². The number of fused-ring (bicyclic) bond motifs is 1. The summed E-state index contributed by atoms with van der Waals surface area (Å²) in [6.07, 6.45) is 5.21. The molecule has 0 bridgehead atoms. The quantitative estimate of drug-likeness (QED) is 0.940. The summed E-state index contributed by atoms with van der Waals surface area (Å²) in [5, 5.41) is 5.02. The van der Waals surface area contributed by atoms with Gasteiger partial charge in [-0.15, -0.1) is 11.3 Å². The summed E-state index contributed by atoms with van der Waals surface area (Å²) < 4.78 is 1.90. The average Bonchev–Trinajstić information content (AvgIpc) is 3.00. The number of nitrogens with zero attached hydrogens (tertiary/aromatic N) is 3. The number of halogens is 1. The second kappa shape index (κ2) is 4.64. The van der Waals surface area contributed by atoms with Crippen molar-refractivity contribution in [3.63, 3.8) is 0 Å². The summed E-state index contributed by atoms with van der Waals surface area (Å²) in [6, 6.07) is 0.0260. The van der Waals surface area contributed by atoms with Crippen molar-refractivity contribution in [1.29, 1.82) is 0 Å². The van der Waals surface area contributed by atoms with Crippen LogP contribution in [0.3, 0.4) is 0 Å². The molecule has 0 spiro atoms. The van der Waals surface area contributed by atoms with E-state index in [1.54, 1.807) is 17.5 Å². The maximum Gasteiger partial charge on any atom is 0.133 e. The normalized spacial score (nSPS) is 15.9. The summed E-state index contributed by atoms with van der Waals surface area (Å²) in [7, 11) is 3.86. The molecule has 0 amide bonds. The van der Waals surface area contributed by atoms with Crippen LogP contribution in [0.2, 0.25) is 5.15 Å². The number of nitrogens with one attached hydrogen (secondary N) is 1. The molecule has 3 rings (SSSR count). The Labute approximate surface area is 115 Å². The molecule has 0 radical (unpaired) electrons. The van der Waals surface area contributed by atoms with Gasteiger partial charge < -0.3 is 9.88 Å². The lowest BCUT2D eigenvalue weighted by atomic mass is 10.3. The van der Waals surface area contributed by atoms with Gasteiger partial charge in [0.25, 0.3) is 0 Å². The average molecular weight is 283 g/mol. The van der Waals surface area contributed by atoms with Gasteiger partial charge in [0.1, 0.15) is 22.0 Å². The Balaban J connectivity index is 1.99. The first-order chi connectivity index (χ1) is 8.70. The van der Waals surface area contributed by atoms with E-state index in [0.29, 0.717) is 5.15 Å². The number of hydrogen-bond donors (Lipinski definition) is 1. The Hall–Kier alpha value is -0.910. The summed E-state index contributed by atoms with van der Waals surface area (Å²) in [5.41, 5.74) is 1.27. The maximum atomic E-state index is 6.05. The van der Waals surface area contributed by atoms with Crippen LogP contribution in [0.4, 0.5) is 0 Å². The van der Waals surface area contributed by atoms with Crippen molar-refractivity contribution in [1.82, 2.24) is 19.9 Å². The SMILES string of the molecule is CNC(c1nc2c(s1)CCC2)c1ncc(Cl)n1C. The predicted octanol–water partition coefficient (Wildman–Crippen LogP) is 2.33. The fourth-order valence-corrected chi connectivity index (χ4v) is 3.76. The van der Waals surface area contributed by atoms with Gasteiger partial charge in [-0.25, -0.2) is 9.97 Å². The molecule has 2 aromatic heterocycles. The van der Waals surface area contributed by atoms with Crippen molar-refractivity contribution in [3.05, 3.63) is 32.8 Å². The number of aryl methyl sites for hydroxylation is 2. The monoisotopic (exact) mass is 282 g/mol. The predicted molar refractivity (Wildman–Crippen MR) is 73.3 cm³/mol. The first-order valence-corrected chi connectivity index (χ1v) is 7.23. The third-order valence-corrected chi connectivity index (χ3v) is 4.95. The Morgan fingerprint density at radius 3 is 2.94 bits per heavy atom. The van der Waals surface area contributed by atoms with Crippen molar-refractivity contribution >= 4 is 22.9 Å². The molecule has 0 saturated carbocycles. The van der Waals surface area contributed by atoms with Gasteiger partial charge in [-0.3, -0.25) is 0 Å². The lowest BCUT2D eigenvalue weighted by molar-refractivity contribution is 0.612. The number of thiazole rings is 1. The minimum absolute atomic E-state index is 0.0260. The third-order valence-electron chi connectivity index (χ3n) is 3.37. The molecule has 0 aromatic carbocycles. The molecule has 1 atom stereocenters. The maximum absolute atomic E-state index is 6.05. The van der Waals surface area contributed by atoms with Gasteiger partial charge in [0.15, 0.2) is 0 Å². The van der Waals surface area contributed by atoms with Gasteiger partial charge in [0.05, 0.1) is 11.9 Å². The van der Waals surface area contributed by atoms with E-state index >= 15 is 0 Å². The van der Waals surface area contributed by atoms with E-state index < -0.39 is 0 Å². The third kappa shape index (κ3) is 1.86. The lowest BCUT2D eigenvalue weighted by Gasteiger charge is -2.13. The molecular formula is C12H15ClN4S. The van der Waals surface area contributed by atoms with E-state index in [9.17, 15) is 0 Å². The molecule has 4 nitrogen and oxygen atoms in total. The highest BCUT2D eigenvalue weighted by Crippen LogP contribution is 2.33. The number of rotatable bonds is 3. The Morgan fingerprint density at radius 2 is 2.33 bits per heavy atom. The second-order valence-electron chi connectivity index (χ2n) is 4.50. The summed E-state index contributed by atoms with van der Waals surface area (Å²) >= 11 is 7.85. The molecule has 6 heteroatoms. The molecule has 2 heterocycles. The first-order valence-electron chi connectivity index (χ1n) is 6.03. The lowest BCUT2D eigenvalue weighted by Crippen LogP contribution is -2.21. The van der Waals surface area contributed by atoms with Crippen LogP contribution in [-0.2, 0) is 19.9 Å². The van der Waals surface area contributed by atoms with E-state index in [0.717, 1.165) is 17.3 Å². The molecule has 1 unspecified atom stereocenters. The second-order valence-corrected chi connectivity index (χ2v) is 6.00. The molecule has 18 heavy (non-hydrogen) atoms. The van der Waals surface area contributed by atoms with Crippen LogP contribution in [0.1, 0.15) is 33.9 Å². The zero-order chi connectivity index (χ0) is 12.7. The van der Waals surface area contributed by atoms with Crippen LogP contribution in [0.5, 0.6) is 0 Å². The number of hydrogen-bond acceptors (Lipinski definition) is 4. The molecule has 0 aliphatic heterocycles. The highest BCUT2D eigenvalue weighted by atomic mass is 35.5. The standard InChI is InChI=1S/C12H15ClN4S/c1-14-10(11-15-6-9(13)17(11)2)12-16-7-4-3-5-8(7)18-12/h6,10,14H,3-5H2,1-2H3. The van der Waals surface area contributed by atoms with Crippen molar-refractivity contribution in [3.8, 4) is 0 Å². The van der Waals surface area contributed by atoms with Crippen LogP contribution in [-0.4, -0.2) is 21.6 Å². The molecule has 2 aromatic rings. The van der Waals surface area contributed by atoms with Crippen LogP contribution in [0.15, 0.2) is 6.20 Å². The van der Waals surface area contributed by atoms with Gasteiger partial charge in [0.2, 0.25) is 0 Å². The van der Waals surface area contributed by atoms with Crippen LogP contribution in [0, 0.1) is 0 Å². The Bertz CT molecular complexity index is 553. The topological polar surface area (TPSA) is 42.7 Å². The van der Waals surface area contributed by atoms with E-state index in [-0.39, 0.29) is 6.04 Å². The molecule has 1 aliphatic rings. The zero-order valence-corrected chi connectivity index (χ0v) is 12.0. The number of imidazole rings is 1. The summed E-state index contributed by atoms with van der Waals surface area (Å²) in [5.74, 6) is 0.912. The summed E-state index contributed by atoms with van der Waals surface area (Å²) in [6.45, 7) is 0. The summed E-state index contributed by atoms with van der Waals surface area (Å²) in [4.78, 5) is 10.6. The van der Waals surface area contributed by atoms with E-state index in [4.69, 9.17) is 16.6 Å². The Kier molecular flexibility index (Phi) is 3.13. The number of aromatic nitrogens is 3. The Morgan fingerprint density at radius 1 is 1.50 bits per heavy atom. The minimum atomic E-state index is 0.0260. The van der Waals surface area contributed by atoms with Gasteiger partial charge in [-0.05, 0) is 26.3 Å². The van der Waals surface area contributed by atoms with Gasteiger partial charge >= 0.3 is 0 Å².